The zero-order valence-corrected chi connectivity index (χ0v) is 16.9. The summed E-state index contributed by atoms with van der Waals surface area (Å²) in [7, 11) is 0. The molecule has 3 aliphatic heterocycles. The molecule has 1 aromatic carbocycles. The fourth-order valence-electron chi connectivity index (χ4n) is 6.02. The van der Waals surface area contributed by atoms with Crippen LogP contribution in [0.4, 0.5) is 4.39 Å². The fraction of sp³-hybridized carbons (Fsp3) is 0.652. The van der Waals surface area contributed by atoms with Crippen LogP contribution >= 0.6 is 0 Å². The first kappa shape index (κ1) is 19.0. The zero-order valence-electron chi connectivity index (χ0n) is 16.9. The highest BCUT2D eigenvalue weighted by molar-refractivity contribution is 5.94. The Morgan fingerprint density at radius 1 is 1.07 bits per heavy atom. The predicted octanol–water partition coefficient (Wildman–Crippen LogP) is 2.81. The summed E-state index contributed by atoms with van der Waals surface area (Å²) in [6.45, 7) is 2.65. The monoisotopic (exact) mass is 399 g/mol. The maximum absolute atomic E-state index is 13.2. The van der Waals surface area contributed by atoms with E-state index < -0.39 is 0 Å². The van der Waals surface area contributed by atoms with E-state index in [1.807, 2.05) is 0 Å². The minimum absolute atomic E-state index is 0.0660. The molecule has 4 fully saturated rings. The van der Waals surface area contributed by atoms with Gasteiger partial charge in [-0.25, -0.2) is 4.39 Å². The van der Waals surface area contributed by atoms with E-state index in [-0.39, 0.29) is 23.7 Å². The van der Waals surface area contributed by atoms with Crippen LogP contribution in [-0.2, 0) is 4.79 Å². The van der Waals surface area contributed by atoms with E-state index in [2.05, 4.69) is 15.1 Å². The molecule has 4 atom stereocenters. The normalized spacial score (nSPS) is 32.4. The Hall–Kier alpha value is -1.95. The third-order valence-electron chi connectivity index (χ3n) is 7.69. The van der Waals surface area contributed by atoms with Crippen molar-refractivity contribution in [3.05, 3.63) is 35.6 Å². The molecule has 3 saturated heterocycles. The number of likely N-dealkylation sites (tertiary alicyclic amines) is 1. The van der Waals surface area contributed by atoms with E-state index in [1.54, 1.807) is 0 Å². The van der Waals surface area contributed by atoms with E-state index in [4.69, 9.17) is 0 Å². The SMILES string of the molecule is O=C(NC[C@H]1[C@H]2C[C@H](CN(C3CCC3)C2)[C@@H]2CCCC(=O)N21)c1ccc(F)cc1. The molecule has 6 heteroatoms. The second-order valence-corrected chi connectivity index (χ2v) is 9.34. The zero-order chi connectivity index (χ0) is 20.0. The number of carbonyl (C=O) groups is 2. The molecule has 0 unspecified atom stereocenters. The van der Waals surface area contributed by atoms with Crippen LogP contribution in [0, 0.1) is 17.7 Å². The third kappa shape index (κ3) is 3.56. The van der Waals surface area contributed by atoms with E-state index >= 15 is 0 Å². The molecule has 0 aromatic heterocycles. The minimum atomic E-state index is -0.347. The topological polar surface area (TPSA) is 52.7 Å². The molecule has 2 bridgehead atoms. The van der Waals surface area contributed by atoms with Crippen molar-refractivity contribution >= 4 is 11.8 Å². The molecule has 4 aliphatic rings. The van der Waals surface area contributed by atoms with E-state index in [0.29, 0.717) is 36.4 Å². The van der Waals surface area contributed by atoms with Crippen LogP contribution in [-0.4, -0.2) is 59.4 Å². The van der Waals surface area contributed by atoms with Gasteiger partial charge in [-0.3, -0.25) is 14.5 Å². The van der Waals surface area contributed by atoms with E-state index in [1.165, 1.54) is 43.5 Å². The average Bonchev–Trinajstić information content (AvgIpc) is 2.67. The van der Waals surface area contributed by atoms with Crippen molar-refractivity contribution in [2.75, 3.05) is 19.6 Å². The van der Waals surface area contributed by atoms with Crippen molar-refractivity contribution in [3.8, 4) is 0 Å². The van der Waals surface area contributed by atoms with Crippen LogP contribution in [0.3, 0.4) is 0 Å². The van der Waals surface area contributed by atoms with Gasteiger partial charge >= 0.3 is 0 Å². The number of nitrogens with one attached hydrogen (secondary N) is 1. The quantitative estimate of drug-likeness (QED) is 0.847. The van der Waals surface area contributed by atoms with Gasteiger partial charge in [0.1, 0.15) is 5.82 Å². The van der Waals surface area contributed by atoms with Gasteiger partial charge < -0.3 is 10.2 Å². The smallest absolute Gasteiger partial charge is 0.251 e. The summed E-state index contributed by atoms with van der Waals surface area (Å²) >= 11 is 0. The van der Waals surface area contributed by atoms with Gasteiger partial charge in [0.2, 0.25) is 5.91 Å². The van der Waals surface area contributed by atoms with E-state index in [9.17, 15) is 14.0 Å². The Balaban J connectivity index is 1.33. The van der Waals surface area contributed by atoms with E-state index in [0.717, 1.165) is 38.4 Å². The first-order valence-electron chi connectivity index (χ1n) is 11.2. The minimum Gasteiger partial charge on any atom is -0.350 e. The number of benzene rings is 1. The predicted molar refractivity (Wildman–Crippen MR) is 108 cm³/mol. The average molecular weight is 400 g/mol. The lowest BCUT2D eigenvalue weighted by Crippen LogP contribution is -2.68. The van der Waals surface area contributed by atoms with Gasteiger partial charge in [-0.1, -0.05) is 6.42 Å². The number of piperidine rings is 3. The van der Waals surface area contributed by atoms with Gasteiger partial charge in [0, 0.05) is 43.7 Å². The molecule has 0 spiro atoms. The van der Waals surface area contributed by atoms with Crippen molar-refractivity contribution in [2.45, 2.75) is 63.1 Å². The second-order valence-electron chi connectivity index (χ2n) is 9.34. The molecule has 1 N–H and O–H groups in total. The Bertz CT molecular complexity index is 779. The summed E-state index contributed by atoms with van der Waals surface area (Å²) in [6.07, 6.45) is 7.81. The highest BCUT2D eigenvalue weighted by atomic mass is 19.1. The van der Waals surface area contributed by atoms with Crippen molar-refractivity contribution in [2.24, 2.45) is 11.8 Å². The molecule has 5 nitrogen and oxygen atoms in total. The number of carbonyl (C=O) groups excluding carboxylic acids is 2. The molecule has 5 rings (SSSR count). The van der Waals surface area contributed by atoms with Gasteiger partial charge in [0.05, 0.1) is 6.04 Å². The van der Waals surface area contributed by atoms with Crippen LogP contribution in [0.1, 0.15) is 55.3 Å². The molecular formula is C23H30FN3O2. The lowest BCUT2D eigenvalue weighted by molar-refractivity contribution is -0.154. The van der Waals surface area contributed by atoms with Crippen LogP contribution in [0.25, 0.3) is 0 Å². The van der Waals surface area contributed by atoms with Crippen LogP contribution in [0.15, 0.2) is 24.3 Å². The lowest BCUT2D eigenvalue weighted by Gasteiger charge is -2.58. The Morgan fingerprint density at radius 2 is 1.83 bits per heavy atom. The maximum atomic E-state index is 13.2. The highest BCUT2D eigenvalue weighted by Crippen LogP contribution is 2.43. The highest BCUT2D eigenvalue weighted by Gasteiger charge is 2.50. The number of hydrogen-bond donors (Lipinski definition) is 1. The molecule has 1 aliphatic carbocycles. The molecule has 29 heavy (non-hydrogen) atoms. The summed E-state index contributed by atoms with van der Waals surface area (Å²) in [4.78, 5) is 30.3. The van der Waals surface area contributed by atoms with Crippen LogP contribution in [0.2, 0.25) is 0 Å². The summed E-state index contributed by atoms with van der Waals surface area (Å²) in [5.41, 5.74) is 0.460. The molecule has 156 valence electrons. The number of hydrogen-bond acceptors (Lipinski definition) is 3. The van der Waals surface area contributed by atoms with Gasteiger partial charge in [0.15, 0.2) is 0 Å². The Morgan fingerprint density at radius 3 is 2.55 bits per heavy atom. The summed E-state index contributed by atoms with van der Waals surface area (Å²) in [6, 6.07) is 6.74. The molecule has 2 amide bonds. The number of amides is 2. The fourth-order valence-corrected chi connectivity index (χ4v) is 6.02. The van der Waals surface area contributed by atoms with Crippen molar-refractivity contribution in [3.63, 3.8) is 0 Å². The summed E-state index contributed by atoms with van der Waals surface area (Å²) in [5.74, 6) is 0.706. The van der Waals surface area contributed by atoms with Gasteiger partial charge in [-0.2, -0.15) is 0 Å². The molecular weight excluding hydrogens is 369 g/mol. The number of nitrogens with zero attached hydrogens (tertiary/aromatic N) is 2. The number of rotatable bonds is 4. The first-order valence-corrected chi connectivity index (χ1v) is 11.2. The largest absolute Gasteiger partial charge is 0.350 e. The molecule has 0 radical (unpaired) electrons. The molecule has 3 heterocycles. The third-order valence-corrected chi connectivity index (χ3v) is 7.69. The van der Waals surface area contributed by atoms with Crippen LogP contribution < -0.4 is 5.32 Å². The van der Waals surface area contributed by atoms with Crippen molar-refractivity contribution in [1.29, 1.82) is 0 Å². The number of fused-ring (bicyclic) bond motifs is 4. The van der Waals surface area contributed by atoms with Gasteiger partial charge in [0.25, 0.3) is 5.91 Å². The van der Waals surface area contributed by atoms with Gasteiger partial charge in [-0.15, -0.1) is 0 Å². The van der Waals surface area contributed by atoms with Crippen LogP contribution in [0.5, 0.6) is 0 Å². The Kier molecular flexibility index (Phi) is 5.06. The first-order chi connectivity index (χ1) is 14.1. The number of halogens is 1. The van der Waals surface area contributed by atoms with Gasteiger partial charge in [-0.05, 0) is 68.2 Å². The molecule has 1 aromatic rings. The summed E-state index contributed by atoms with van der Waals surface area (Å²) < 4.78 is 13.2. The van der Waals surface area contributed by atoms with Crippen molar-refractivity contribution < 1.29 is 14.0 Å². The Labute approximate surface area is 171 Å². The molecule has 1 saturated carbocycles. The lowest BCUT2D eigenvalue weighted by atomic mass is 9.71. The summed E-state index contributed by atoms with van der Waals surface area (Å²) in [5, 5.41) is 3.04. The standard InChI is InChI=1S/C23H30FN3O2/c24-18-9-7-15(8-10-18)23(29)25-12-21-17-11-16(13-26(14-17)19-3-1-4-19)20-5-2-6-22(28)27(20)21/h7-10,16-17,19-21H,1-6,11-14H2,(H,25,29)/t16-,17+,20+,21+/m1/s1. The van der Waals surface area contributed by atoms with Crippen molar-refractivity contribution in [1.82, 2.24) is 15.1 Å². The maximum Gasteiger partial charge on any atom is 0.251 e. The second kappa shape index (κ2) is 7.71.